The Balaban J connectivity index is 1.85. The molecule has 0 saturated heterocycles. The van der Waals surface area contributed by atoms with E-state index in [0.29, 0.717) is 11.5 Å². The van der Waals surface area contributed by atoms with Crippen molar-refractivity contribution in [3.63, 3.8) is 0 Å². The standard InChI is InChI=1S/C21H27ClO5/c1-15(2)25-13-19(24)14-27-21-9-5-17(6-10-21)16-3-7-20(8-4-16)26-12-18(23)11-22/h3-10,15,18-19,23-24H,11-14H2,1-2H3. The molecule has 0 amide bonds. The maximum Gasteiger partial charge on any atom is 0.119 e. The van der Waals surface area contributed by atoms with Crippen LogP contribution in [0.5, 0.6) is 11.5 Å². The highest BCUT2D eigenvalue weighted by Gasteiger charge is 2.08. The molecule has 148 valence electrons. The van der Waals surface area contributed by atoms with Crippen LogP contribution in [-0.4, -0.2) is 54.2 Å². The van der Waals surface area contributed by atoms with Gasteiger partial charge in [0.05, 0.1) is 18.6 Å². The number of ether oxygens (including phenoxy) is 3. The summed E-state index contributed by atoms with van der Waals surface area (Å²) >= 11 is 5.54. The van der Waals surface area contributed by atoms with E-state index >= 15 is 0 Å². The maximum atomic E-state index is 9.83. The molecule has 5 nitrogen and oxygen atoms in total. The number of alkyl halides is 1. The van der Waals surface area contributed by atoms with Gasteiger partial charge in [0, 0.05) is 0 Å². The molecule has 6 heteroatoms. The molecular weight excluding hydrogens is 368 g/mol. The Bertz CT molecular complexity index is 657. The van der Waals surface area contributed by atoms with E-state index < -0.39 is 12.2 Å². The number of halogens is 1. The summed E-state index contributed by atoms with van der Waals surface area (Å²) in [4.78, 5) is 0. The first kappa shape index (κ1) is 21.5. The molecular formula is C21H27ClO5. The average Bonchev–Trinajstić information content (AvgIpc) is 2.69. The molecule has 27 heavy (non-hydrogen) atoms. The molecule has 0 fully saturated rings. The second-order valence-corrected chi connectivity index (χ2v) is 6.82. The zero-order valence-electron chi connectivity index (χ0n) is 15.7. The van der Waals surface area contributed by atoms with Crippen molar-refractivity contribution < 1.29 is 24.4 Å². The predicted molar refractivity (Wildman–Crippen MR) is 107 cm³/mol. The monoisotopic (exact) mass is 394 g/mol. The fraction of sp³-hybridized carbons (Fsp3) is 0.429. The molecule has 2 unspecified atom stereocenters. The van der Waals surface area contributed by atoms with Gasteiger partial charge in [-0.1, -0.05) is 24.3 Å². The van der Waals surface area contributed by atoms with Crippen LogP contribution in [-0.2, 0) is 4.74 Å². The third kappa shape index (κ3) is 7.77. The van der Waals surface area contributed by atoms with Gasteiger partial charge in [-0.3, -0.25) is 0 Å². The van der Waals surface area contributed by atoms with Gasteiger partial charge < -0.3 is 24.4 Å². The zero-order chi connectivity index (χ0) is 19.6. The second kappa shape index (κ2) is 11.1. The fourth-order valence-electron chi connectivity index (χ4n) is 2.27. The third-order valence-electron chi connectivity index (χ3n) is 3.73. The fourth-order valence-corrected chi connectivity index (χ4v) is 2.36. The minimum atomic E-state index is -0.672. The molecule has 0 aliphatic heterocycles. The molecule has 0 heterocycles. The van der Waals surface area contributed by atoms with Crippen LogP contribution in [0, 0.1) is 0 Å². The van der Waals surface area contributed by atoms with Crippen molar-refractivity contribution in [3.8, 4) is 22.6 Å². The number of benzene rings is 2. The molecule has 0 bridgehead atoms. The normalized spacial score (nSPS) is 13.4. The van der Waals surface area contributed by atoms with Crippen molar-refractivity contribution >= 4 is 11.6 Å². The van der Waals surface area contributed by atoms with E-state index in [0.717, 1.165) is 11.1 Å². The summed E-state index contributed by atoms with van der Waals surface area (Å²) in [6, 6.07) is 15.3. The predicted octanol–water partition coefficient (Wildman–Crippen LogP) is 3.50. The summed E-state index contributed by atoms with van der Waals surface area (Å²) in [5.41, 5.74) is 2.08. The Morgan fingerprint density at radius 1 is 0.741 bits per heavy atom. The smallest absolute Gasteiger partial charge is 0.119 e. The van der Waals surface area contributed by atoms with E-state index in [1.54, 1.807) is 0 Å². The Labute approximate surface area is 165 Å². The number of hydrogen-bond donors (Lipinski definition) is 2. The molecule has 2 atom stereocenters. The lowest BCUT2D eigenvalue weighted by Crippen LogP contribution is -2.25. The minimum absolute atomic E-state index is 0.0844. The molecule has 0 aliphatic carbocycles. The highest BCUT2D eigenvalue weighted by Crippen LogP contribution is 2.24. The van der Waals surface area contributed by atoms with Crippen LogP contribution in [0.15, 0.2) is 48.5 Å². The van der Waals surface area contributed by atoms with E-state index in [1.165, 1.54) is 0 Å². The van der Waals surface area contributed by atoms with Crippen LogP contribution < -0.4 is 9.47 Å². The summed E-state index contributed by atoms with van der Waals surface area (Å²) in [6.07, 6.45) is -1.24. The lowest BCUT2D eigenvalue weighted by Gasteiger charge is -2.14. The van der Waals surface area contributed by atoms with Gasteiger partial charge in [0.1, 0.15) is 36.9 Å². The molecule has 2 aromatic rings. The summed E-state index contributed by atoms with van der Waals surface area (Å²) in [5, 5.41) is 19.2. The number of hydrogen-bond acceptors (Lipinski definition) is 5. The maximum absolute atomic E-state index is 9.83. The van der Waals surface area contributed by atoms with E-state index in [2.05, 4.69) is 0 Å². The SMILES string of the molecule is CC(C)OCC(O)COc1ccc(-c2ccc(OCC(O)CCl)cc2)cc1. The second-order valence-electron chi connectivity index (χ2n) is 6.51. The largest absolute Gasteiger partial charge is 0.491 e. The molecule has 2 N–H and O–H groups in total. The van der Waals surface area contributed by atoms with Gasteiger partial charge in [0.25, 0.3) is 0 Å². The summed E-state index contributed by atoms with van der Waals surface area (Å²) in [7, 11) is 0. The van der Waals surface area contributed by atoms with Crippen LogP contribution in [0.25, 0.3) is 11.1 Å². The zero-order valence-corrected chi connectivity index (χ0v) is 16.4. The lowest BCUT2D eigenvalue weighted by molar-refractivity contribution is -0.0122. The van der Waals surface area contributed by atoms with Crippen molar-refractivity contribution in [2.75, 3.05) is 25.7 Å². The first-order valence-electron chi connectivity index (χ1n) is 8.97. The highest BCUT2D eigenvalue weighted by molar-refractivity contribution is 6.18. The van der Waals surface area contributed by atoms with Crippen molar-refractivity contribution in [3.05, 3.63) is 48.5 Å². The quantitative estimate of drug-likeness (QED) is 0.571. The molecule has 0 aromatic heterocycles. The molecule has 0 spiro atoms. The van der Waals surface area contributed by atoms with Gasteiger partial charge in [-0.2, -0.15) is 0 Å². The summed E-state index contributed by atoms with van der Waals surface area (Å²) < 4.78 is 16.4. The molecule has 0 radical (unpaired) electrons. The first-order chi connectivity index (χ1) is 13.0. The molecule has 2 rings (SSSR count). The van der Waals surface area contributed by atoms with Gasteiger partial charge in [-0.05, 0) is 49.2 Å². The topological polar surface area (TPSA) is 68.2 Å². The van der Waals surface area contributed by atoms with Crippen molar-refractivity contribution in [1.82, 2.24) is 0 Å². The molecule has 2 aromatic carbocycles. The van der Waals surface area contributed by atoms with Crippen LogP contribution in [0.2, 0.25) is 0 Å². The van der Waals surface area contributed by atoms with E-state index in [9.17, 15) is 10.2 Å². The number of rotatable bonds is 11. The summed E-state index contributed by atoms with van der Waals surface area (Å²) in [6.45, 7) is 4.46. The minimum Gasteiger partial charge on any atom is -0.491 e. The Morgan fingerprint density at radius 2 is 1.19 bits per heavy atom. The van der Waals surface area contributed by atoms with Crippen molar-refractivity contribution in [2.24, 2.45) is 0 Å². The van der Waals surface area contributed by atoms with E-state index in [4.69, 9.17) is 25.8 Å². The van der Waals surface area contributed by atoms with E-state index in [-0.39, 0.29) is 31.8 Å². The number of aliphatic hydroxyl groups excluding tert-OH is 2. The Kier molecular flexibility index (Phi) is 8.88. The van der Waals surface area contributed by atoms with E-state index in [1.807, 2.05) is 62.4 Å². The Morgan fingerprint density at radius 3 is 1.59 bits per heavy atom. The van der Waals surface area contributed by atoms with Crippen molar-refractivity contribution in [1.29, 1.82) is 0 Å². The van der Waals surface area contributed by atoms with Crippen LogP contribution in [0.1, 0.15) is 13.8 Å². The molecule has 0 saturated carbocycles. The van der Waals surface area contributed by atoms with Gasteiger partial charge in [0.2, 0.25) is 0 Å². The van der Waals surface area contributed by atoms with Gasteiger partial charge >= 0.3 is 0 Å². The van der Waals surface area contributed by atoms with Crippen LogP contribution in [0.4, 0.5) is 0 Å². The first-order valence-corrected chi connectivity index (χ1v) is 9.51. The highest BCUT2D eigenvalue weighted by atomic mass is 35.5. The van der Waals surface area contributed by atoms with Crippen LogP contribution in [0.3, 0.4) is 0 Å². The van der Waals surface area contributed by atoms with Gasteiger partial charge in [0.15, 0.2) is 0 Å². The van der Waals surface area contributed by atoms with Crippen molar-refractivity contribution in [2.45, 2.75) is 32.2 Å². The van der Waals surface area contributed by atoms with Gasteiger partial charge in [-0.15, -0.1) is 11.6 Å². The third-order valence-corrected chi connectivity index (χ3v) is 4.08. The number of aliphatic hydroxyl groups is 2. The van der Waals surface area contributed by atoms with Gasteiger partial charge in [-0.25, -0.2) is 0 Å². The Hall–Kier alpha value is -1.79. The summed E-state index contributed by atoms with van der Waals surface area (Å²) in [5.74, 6) is 1.52. The average molecular weight is 395 g/mol. The lowest BCUT2D eigenvalue weighted by atomic mass is 10.1. The molecule has 0 aliphatic rings. The van der Waals surface area contributed by atoms with Crippen LogP contribution >= 0.6 is 11.6 Å².